The third-order valence-electron chi connectivity index (χ3n) is 5.85. The number of guanidine groups is 1. The zero-order valence-corrected chi connectivity index (χ0v) is 18.3. The van der Waals surface area contributed by atoms with Crippen molar-refractivity contribution in [3.05, 3.63) is 35.6 Å². The van der Waals surface area contributed by atoms with E-state index in [1.165, 1.54) is 25.0 Å². The summed E-state index contributed by atoms with van der Waals surface area (Å²) in [6, 6.07) is 6.25. The average molecular weight is 432 g/mol. The summed E-state index contributed by atoms with van der Waals surface area (Å²) in [6.45, 7) is 5.08. The molecule has 1 saturated heterocycles. The fourth-order valence-corrected chi connectivity index (χ4v) is 4.28. The maximum atomic E-state index is 13.2. The van der Waals surface area contributed by atoms with Crippen molar-refractivity contribution in [2.45, 2.75) is 51.5 Å². The molecule has 3 N–H and O–H groups in total. The van der Waals surface area contributed by atoms with Crippen LogP contribution in [0.25, 0.3) is 0 Å². The Morgan fingerprint density at radius 2 is 2.00 bits per heavy atom. The van der Waals surface area contributed by atoms with Gasteiger partial charge in [-0.2, -0.15) is 0 Å². The second-order valence-electron chi connectivity index (χ2n) is 8.31. The zero-order valence-electron chi connectivity index (χ0n) is 18.3. The monoisotopic (exact) mass is 431 g/mol. The van der Waals surface area contributed by atoms with Crippen molar-refractivity contribution in [3.63, 3.8) is 0 Å². The van der Waals surface area contributed by atoms with Gasteiger partial charge in [0.25, 0.3) is 0 Å². The van der Waals surface area contributed by atoms with Gasteiger partial charge in [-0.05, 0) is 43.9 Å². The molecule has 1 atom stereocenters. The van der Waals surface area contributed by atoms with Crippen molar-refractivity contribution in [2.75, 3.05) is 32.7 Å². The topological polar surface area (TPSA) is 85.8 Å². The third kappa shape index (κ3) is 7.22. The fraction of sp³-hybridized carbons (Fsp3) is 0.609. The SMILES string of the molecule is CCNC(=NCCNC(=O)Cc1cccc(F)c1)NC1CCN(C(=O)C2CCCC2)C1. The van der Waals surface area contributed by atoms with Crippen LogP contribution in [0, 0.1) is 11.7 Å². The summed E-state index contributed by atoms with van der Waals surface area (Å²) in [5, 5.41) is 9.46. The van der Waals surface area contributed by atoms with E-state index >= 15 is 0 Å². The van der Waals surface area contributed by atoms with Crippen LogP contribution in [0.5, 0.6) is 0 Å². The van der Waals surface area contributed by atoms with Crippen molar-refractivity contribution < 1.29 is 14.0 Å². The van der Waals surface area contributed by atoms with Crippen LogP contribution in [-0.4, -0.2) is 61.4 Å². The Bertz CT molecular complexity index is 779. The molecule has 1 aromatic carbocycles. The lowest BCUT2D eigenvalue weighted by molar-refractivity contribution is -0.134. The molecule has 3 rings (SSSR count). The van der Waals surface area contributed by atoms with Crippen LogP contribution < -0.4 is 16.0 Å². The molecular formula is C23H34FN5O2. The minimum Gasteiger partial charge on any atom is -0.357 e. The van der Waals surface area contributed by atoms with E-state index in [0.29, 0.717) is 37.1 Å². The number of carbonyl (C=O) groups is 2. The Kier molecular flexibility index (Phi) is 8.67. The molecular weight excluding hydrogens is 397 g/mol. The molecule has 1 saturated carbocycles. The second-order valence-corrected chi connectivity index (χ2v) is 8.31. The Labute approximate surface area is 183 Å². The van der Waals surface area contributed by atoms with E-state index in [-0.39, 0.29) is 30.1 Å². The number of nitrogens with zero attached hydrogens (tertiary/aromatic N) is 2. The molecule has 31 heavy (non-hydrogen) atoms. The molecule has 1 heterocycles. The molecule has 170 valence electrons. The summed E-state index contributed by atoms with van der Waals surface area (Å²) in [7, 11) is 0. The number of carbonyl (C=O) groups excluding carboxylic acids is 2. The summed E-state index contributed by atoms with van der Waals surface area (Å²) in [6.07, 6.45) is 5.45. The van der Waals surface area contributed by atoms with Gasteiger partial charge < -0.3 is 20.9 Å². The van der Waals surface area contributed by atoms with E-state index in [2.05, 4.69) is 20.9 Å². The van der Waals surface area contributed by atoms with Crippen molar-refractivity contribution in [1.82, 2.24) is 20.9 Å². The number of halogens is 1. The van der Waals surface area contributed by atoms with Gasteiger partial charge in [0.15, 0.2) is 5.96 Å². The molecule has 0 aromatic heterocycles. The molecule has 1 unspecified atom stereocenters. The van der Waals surface area contributed by atoms with Crippen LogP contribution in [0.15, 0.2) is 29.3 Å². The lowest BCUT2D eigenvalue weighted by Gasteiger charge is -2.21. The fourth-order valence-electron chi connectivity index (χ4n) is 4.28. The Morgan fingerprint density at radius 3 is 2.74 bits per heavy atom. The number of aliphatic imine (C=N–C) groups is 1. The molecule has 0 bridgehead atoms. The molecule has 0 spiro atoms. The predicted molar refractivity (Wildman–Crippen MR) is 119 cm³/mol. The first-order valence-electron chi connectivity index (χ1n) is 11.4. The summed E-state index contributed by atoms with van der Waals surface area (Å²) >= 11 is 0. The van der Waals surface area contributed by atoms with E-state index < -0.39 is 0 Å². The van der Waals surface area contributed by atoms with E-state index in [9.17, 15) is 14.0 Å². The van der Waals surface area contributed by atoms with Gasteiger partial charge in [0.2, 0.25) is 11.8 Å². The van der Waals surface area contributed by atoms with Crippen molar-refractivity contribution >= 4 is 17.8 Å². The van der Waals surface area contributed by atoms with Crippen LogP contribution in [0.3, 0.4) is 0 Å². The number of rotatable bonds is 8. The molecule has 1 aromatic rings. The molecule has 2 fully saturated rings. The quantitative estimate of drug-likeness (QED) is 0.333. The van der Waals surface area contributed by atoms with Crippen LogP contribution in [0.2, 0.25) is 0 Å². The summed E-state index contributed by atoms with van der Waals surface area (Å²) in [5.74, 6) is 0.728. The summed E-state index contributed by atoms with van der Waals surface area (Å²) in [5.41, 5.74) is 0.647. The molecule has 1 aliphatic heterocycles. The van der Waals surface area contributed by atoms with Crippen molar-refractivity contribution in [2.24, 2.45) is 10.9 Å². The molecule has 0 radical (unpaired) electrons. The third-order valence-corrected chi connectivity index (χ3v) is 5.85. The predicted octanol–water partition coefficient (Wildman–Crippen LogP) is 1.83. The van der Waals surface area contributed by atoms with Crippen molar-refractivity contribution in [3.8, 4) is 0 Å². The highest BCUT2D eigenvalue weighted by Crippen LogP contribution is 2.27. The van der Waals surface area contributed by atoms with Gasteiger partial charge in [0.05, 0.1) is 13.0 Å². The zero-order chi connectivity index (χ0) is 22.1. The van der Waals surface area contributed by atoms with Crippen LogP contribution in [0.1, 0.15) is 44.6 Å². The minimum absolute atomic E-state index is 0.146. The molecule has 2 amide bonds. The van der Waals surface area contributed by atoms with Gasteiger partial charge in [-0.1, -0.05) is 25.0 Å². The number of amides is 2. The van der Waals surface area contributed by atoms with Crippen LogP contribution in [0.4, 0.5) is 4.39 Å². The Morgan fingerprint density at radius 1 is 1.19 bits per heavy atom. The van der Waals surface area contributed by atoms with Crippen LogP contribution in [-0.2, 0) is 16.0 Å². The normalized spacial score (nSPS) is 19.5. The van der Waals surface area contributed by atoms with Gasteiger partial charge in [0.1, 0.15) is 5.82 Å². The number of likely N-dealkylation sites (tertiary alicyclic amines) is 1. The average Bonchev–Trinajstić information content (AvgIpc) is 3.43. The minimum atomic E-state index is -0.341. The largest absolute Gasteiger partial charge is 0.357 e. The number of hydrogen-bond acceptors (Lipinski definition) is 3. The first-order valence-corrected chi connectivity index (χ1v) is 11.4. The maximum Gasteiger partial charge on any atom is 0.225 e. The molecule has 1 aliphatic carbocycles. The molecule has 2 aliphatic rings. The highest BCUT2D eigenvalue weighted by Gasteiger charge is 2.32. The standard InChI is InChI=1S/C23H34FN5O2/c1-2-25-23(27-12-11-26-21(30)15-17-6-5-9-19(24)14-17)28-20-10-13-29(16-20)22(31)18-7-3-4-8-18/h5-6,9,14,18,20H,2-4,7-8,10-13,15-16H2,1H3,(H,26,30)(H2,25,27,28). The summed E-state index contributed by atoms with van der Waals surface area (Å²) < 4.78 is 13.2. The lowest BCUT2D eigenvalue weighted by atomic mass is 10.1. The van der Waals surface area contributed by atoms with Gasteiger partial charge in [0, 0.05) is 38.1 Å². The number of nitrogens with one attached hydrogen (secondary N) is 3. The number of benzene rings is 1. The summed E-state index contributed by atoms with van der Waals surface area (Å²) in [4.78, 5) is 31.2. The van der Waals surface area contributed by atoms with E-state index in [4.69, 9.17) is 0 Å². The maximum absolute atomic E-state index is 13.2. The first-order chi connectivity index (χ1) is 15.0. The second kappa shape index (κ2) is 11.7. The van der Waals surface area contributed by atoms with Crippen molar-refractivity contribution in [1.29, 1.82) is 0 Å². The van der Waals surface area contributed by atoms with Gasteiger partial charge in [-0.25, -0.2) is 4.39 Å². The highest BCUT2D eigenvalue weighted by molar-refractivity contribution is 5.81. The first kappa shape index (κ1) is 23.0. The van der Waals surface area contributed by atoms with E-state index in [1.807, 2.05) is 11.8 Å². The number of hydrogen-bond donors (Lipinski definition) is 3. The van der Waals surface area contributed by atoms with E-state index in [1.54, 1.807) is 12.1 Å². The Balaban J connectivity index is 1.40. The van der Waals surface area contributed by atoms with Crippen LogP contribution >= 0.6 is 0 Å². The highest BCUT2D eigenvalue weighted by atomic mass is 19.1. The van der Waals surface area contributed by atoms with Gasteiger partial charge in [-0.15, -0.1) is 0 Å². The molecule has 8 heteroatoms. The Hall–Kier alpha value is -2.64. The van der Waals surface area contributed by atoms with E-state index in [0.717, 1.165) is 32.4 Å². The smallest absolute Gasteiger partial charge is 0.225 e. The van der Waals surface area contributed by atoms with Gasteiger partial charge >= 0.3 is 0 Å². The lowest BCUT2D eigenvalue weighted by Crippen LogP contribution is -2.45. The van der Waals surface area contributed by atoms with Gasteiger partial charge in [-0.3, -0.25) is 14.6 Å². The molecule has 7 nitrogen and oxygen atoms in total.